The highest BCUT2D eigenvalue weighted by molar-refractivity contribution is 6.03. The van der Waals surface area contributed by atoms with E-state index in [0.29, 0.717) is 31.1 Å². The highest BCUT2D eigenvalue weighted by Crippen LogP contribution is 2.30. The lowest BCUT2D eigenvalue weighted by atomic mass is 9.94. The normalized spacial score (nSPS) is 15.5. The van der Waals surface area contributed by atoms with Crippen LogP contribution < -0.4 is 5.32 Å². The van der Waals surface area contributed by atoms with E-state index in [1.54, 1.807) is 52.3 Å². The van der Waals surface area contributed by atoms with Gasteiger partial charge in [-0.15, -0.1) is 0 Å². The van der Waals surface area contributed by atoms with Crippen LogP contribution in [0.1, 0.15) is 54.7 Å². The van der Waals surface area contributed by atoms with Crippen molar-refractivity contribution in [2.45, 2.75) is 38.5 Å². The highest BCUT2D eigenvalue weighted by Gasteiger charge is 2.27. The molecule has 1 unspecified atom stereocenters. The number of ether oxygens (including phenoxy) is 1. The predicted octanol–water partition coefficient (Wildman–Crippen LogP) is 5.16. The second-order valence-corrected chi connectivity index (χ2v) is 9.17. The molecule has 1 aliphatic rings. The summed E-state index contributed by atoms with van der Waals surface area (Å²) in [6, 6.07) is 14.9. The quantitative estimate of drug-likeness (QED) is 0.353. The standard InChI is InChI=1S/C28H30N6O3/c1-2-3-16-37-28(36)33-14-7-8-20(19-33)23-10-6-11-24(32-23)22-18-30-34-15-12-21(17-26(22)34)31-27(35)25-9-4-5-13-29-25/h4-6,9-13,15,17-18,20H,2-3,7-8,14,16,19H2,1H3,(H,31,35). The van der Waals surface area contributed by atoms with Crippen molar-refractivity contribution >= 4 is 23.2 Å². The molecule has 0 radical (unpaired) electrons. The number of fused-ring (bicyclic) bond motifs is 1. The summed E-state index contributed by atoms with van der Waals surface area (Å²) in [7, 11) is 0. The molecule has 2 amide bonds. The molecular weight excluding hydrogens is 468 g/mol. The minimum Gasteiger partial charge on any atom is -0.449 e. The Morgan fingerprint density at radius 1 is 1.16 bits per heavy atom. The van der Waals surface area contributed by atoms with E-state index in [0.717, 1.165) is 48.2 Å². The van der Waals surface area contributed by atoms with Crippen LogP contribution in [0, 0.1) is 0 Å². The Labute approximate surface area is 215 Å². The van der Waals surface area contributed by atoms with Crippen LogP contribution in [-0.4, -0.2) is 56.2 Å². The topological polar surface area (TPSA) is 102 Å². The van der Waals surface area contributed by atoms with Crippen molar-refractivity contribution in [3.05, 3.63) is 78.5 Å². The number of aromatic nitrogens is 4. The maximum Gasteiger partial charge on any atom is 0.409 e. The fraction of sp³-hybridized carbons (Fsp3) is 0.321. The molecule has 0 bridgehead atoms. The van der Waals surface area contributed by atoms with E-state index in [-0.39, 0.29) is 17.9 Å². The number of hydrogen-bond acceptors (Lipinski definition) is 6. The van der Waals surface area contributed by atoms with Crippen molar-refractivity contribution in [2.75, 3.05) is 25.0 Å². The molecule has 0 aliphatic carbocycles. The molecule has 190 valence electrons. The molecule has 1 saturated heterocycles. The monoisotopic (exact) mass is 498 g/mol. The molecule has 0 saturated carbocycles. The molecule has 1 fully saturated rings. The molecule has 4 aromatic heterocycles. The third kappa shape index (κ3) is 5.61. The zero-order chi connectivity index (χ0) is 25.6. The van der Waals surface area contributed by atoms with Crippen LogP contribution in [0.3, 0.4) is 0 Å². The van der Waals surface area contributed by atoms with E-state index in [2.05, 4.69) is 22.3 Å². The van der Waals surface area contributed by atoms with Crippen LogP contribution >= 0.6 is 0 Å². The molecular formula is C28H30N6O3. The summed E-state index contributed by atoms with van der Waals surface area (Å²) < 4.78 is 7.18. The molecule has 4 aromatic rings. The van der Waals surface area contributed by atoms with Gasteiger partial charge < -0.3 is 15.0 Å². The van der Waals surface area contributed by atoms with E-state index in [1.165, 1.54) is 0 Å². The van der Waals surface area contributed by atoms with Gasteiger partial charge in [0.2, 0.25) is 0 Å². The van der Waals surface area contributed by atoms with Crippen LogP contribution in [0.2, 0.25) is 0 Å². The van der Waals surface area contributed by atoms with Gasteiger partial charge in [0, 0.05) is 48.3 Å². The van der Waals surface area contributed by atoms with E-state index < -0.39 is 0 Å². The summed E-state index contributed by atoms with van der Waals surface area (Å²) in [6.45, 7) is 3.85. The minimum absolute atomic E-state index is 0.141. The SMILES string of the molecule is CCCCOC(=O)N1CCCC(c2cccc(-c3cnn4ccc(NC(=O)c5ccccn5)cc34)n2)C1. The minimum atomic E-state index is -0.277. The number of likely N-dealkylation sites (tertiary alicyclic amines) is 1. The van der Waals surface area contributed by atoms with Gasteiger partial charge in [-0.3, -0.25) is 14.8 Å². The maximum absolute atomic E-state index is 12.6. The maximum atomic E-state index is 12.6. The number of amides is 2. The fourth-order valence-electron chi connectivity index (χ4n) is 4.56. The number of nitrogens with zero attached hydrogens (tertiary/aromatic N) is 5. The summed E-state index contributed by atoms with van der Waals surface area (Å²) in [5, 5.41) is 7.37. The van der Waals surface area contributed by atoms with Gasteiger partial charge in [0.05, 0.1) is 24.0 Å². The van der Waals surface area contributed by atoms with Crippen molar-refractivity contribution in [1.82, 2.24) is 24.5 Å². The largest absolute Gasteiger partial charge is 0.449 e. The summed E-state index contributed by atoms with van der Waals surface area (Å²) in [5.74, 6) is -0.135. The molecule has 1 N–H and O–H groups in total. The Balaban J connectivity index is 1.35. The molecule has 9 nitrogen and oxygen atoms in total. The number of piperidine rings is 1. The van der Waals surface area contributed by atoms with Crippen LogP contribution in [0.25, 0.3) is 16.8 Å². The van der Waals surface area contributed by atoms with Gasteiger partial charge in [-0.05, 0) is 55.7 Å². The number of pyridine rings is 3. The molecule has 5 heterocycles. The lowest BCUT2D eigenvalue weighted by Gasteiger charge is -2.31. The van der Waals surface area contributed by atoms with Gasteiger partial charge in [-0.25, -0.2) is 9.31 Å². The Bertz CT molecular complexity index is 1390. The molecule has 1 aliphatic heterocycles. The summed E-state index contributed by atoms with van der Waals surface area (Å²) >= 11 is 0. The lowest BCUT2D eigenvalue weighted by Crippen LogP contribution is -2.39. The second kappa shape index (κ2) is 11.2. The number of nitrogens with one attached hydrogen (secondary N) is 1. The number of carbonyl (C=O) groups is 2. The molecule has 37 heavy (non-hydrogen) atoms. The van der Waals surface area contributed by atoms with Crippen molar-refractivity contribution in [1.29, 1.82) is 0 Å². The van der Waals surface area contributed by atoms with Gasteiger partial charge in [-0.2, -0.15) is 5.10 Å². The molecule has 5 rings (SSSR count). The average Bonchev–Trinajstić information content (AvgIpc) is 3.37. The second-order valence-electron chi connectivity index (χ2n) is 9.17. The third-order valence-electron chi connectivity index (χ3n) is 6.54. The third-order valence-corrected chi connectivity index (χ3v) is 6.54. The van der Waals surface area contributed by atoms with E-state index in [9.17, 15) is 9.59 Å². The van der Waals surface area contributed by atoms with Crippen LogP contribution in [0.5, 0.6) is 0 Å². The Morgan fingerprint density at radius 3 is 2.92 bits per heavy atom. The molecule has 1 atom stereocenters. The fourth-order valence-corrected chi connectivity index (χ4v) is 4.56. The van der Waals surface area contributed by atoms with Crippen molar-refractivity contribution < 1.29 is 14.3 Å². The first-order valence-corrected chi connectivity index (χ1v) is 12.7. The van der Waals surface area contributed by atoms with E-state index in [1.807, 2.05) is 24.3 Å². The summed E-state index contributed by atoms with van der Waals surface area (Å²) in [5.41, 5.74) is 4.42. The number of rotatable bonds is 7. The van der Waals surface area contributed by atoms with Crippen LogP contribution in [0.15, 0.2) is 67.1 Å². The Kier molecular flexibility index (Phi) is 7.39. The average molecular weight is 499 g/mol. The number of unbranched alkanes of at least 4 members (excludes halogenated alkanes) is 1. The van der Waals surface area contributed by atoms with Crippen LogP contribution in [-0.2, 0) is 4.74 Å². The van der Waals surface area contributed by atoms with Crippen molar-refractivity contribution in [2.24, 2.45) is 0 Å². The highest BCUT2D eigenvalue weighted by atomic mass is 16.6. The smallest absolute Gasteiger partial charge is 0.409 e. The molecule has 0 aromatic carbocycles. The van der Waals surface area contributed by atoms with Gasteiger partial charge in [-0.1, -0.05) is 25.5 Å². The zero-order valence-electron chi connectivity index (χ0n) is 20.8. The first-order valence-electron chi connectivity index (χ1n) is 12.7. The summed E-state index contributed by atoms with van der Waals surface area (Å²) in [4.78, 5) is 35.9. The van der Waals surface area contributed by atoms with E-state index in [4.69, 9.17) is 9.72 Å². The molecule has 0 spiro atoms. The van der Waals surface area contributed by atoms with Gasteiger partial charge >= 0.3 is 6.09 Å². The van der Waals surface area contributed by atoms with E-state index >= 15 is 0 Å². The molecule has 9 heteroatoms. The van der Waals surface area contributed by atoms with Crippen molar-refractivity contribution in [3.63, 3.8) is 0 Å². The predicted molar refractivity (Wildman–Crippen MR) is 140 cm³/mol. The Hall–Kier alpha value is -4.27. The van der Waals surface area contributed by atoms with Crippen molar-refractivity contribution in [3.8, 4) is 11.3 Å². The zero-order valence-corrected chi connectivity index (χ0v) is 20.8. The number of hydrogen-bond donors (Lipinski definition) is 1. The van der Waals surface area contributed by atoms with Gasteiger partial charge in [0.1, 0.15) is 5.69 Å². The Morgan fingerprint density at radius 2 is 2.08 bits per heavy atom. The van der Waals surface area contributed by atoms with Gasteiger partial charge in [0.25, 0.3) is 5.91 Å². The first-order chi connectivity index (χ1) is 18.1. The lowest BCUT2D eigenvalue weighted by molar-refractivity contribution is 0.0901. The number of carbonyl (C=O) groups excluding carboxylic acids is 2. The summed E-state index contributed by atoms with van der Waals surface area (Å²) in [6.07, 6.45) is 8.69. The number of anilines is 1. The first kappa shape index (κ1) is 24.4. The van der Waals surface area contributed by atoms with Crippen LogP contribution in [0.4, 0.5) is 10.5 Å². The van der Waals surface area contributed by atoms with Gasteiger partial charge in [0.15, 0.2) is 0 Å².